The van der Waals surface area contributed by atoms with Crippen LogP contribution in [0.3, 0.4) is 0 Å². The molecule has 3 fully saturated rings. The number of ether oxygens (including phenoxy) is 1. The van der Waals surface area contributed by atoms with Gasteiger partial charge < -0.3 is 34.7 Å². The van der Waals surface area contributed by atoms with Crippen LogP contribution in [-0.4, -0.2) is 92.5 Å². The number of nitrogens with one attached hydrogen (secondary N) is 3. The van der Waals surface area contributed by atoms with Crippen LogP contribution in [0.4, 0.5) is 9.59 Å². The summed E-state index contributed by atoms with van der Waals surface area (Å²) >= 11 is 0. The zero-order chi connectivity index (χ0) is 33.8. The van der Waals surface area contributed by atoms with Crippen LogP contribution in [0.2, 0.25) is 0 Å². The van der Waals surface area contributed by atoms with E-state index in [-0.39, 0.29) is 30.1 Å². The molecule has 49 heavy (non-hydrogen) atoms. The quantitative estimate of drug-likeness (QED) is 0.207. The lowest BCUT2D eigenvalue weighted by atomic mass is 9.98. The van der Waals surface area contributed by atoms with Crippen LogP contribution >= 0.6 is 0 Å². The zero-order valence-corrected chi connectivity index (χ0v) is 27.9. The van der Waals surface area contributed by atoms with E-state index in [4.69, 9.17) is 14.7 Å². The third kappa shape index (κ3) is 5.54. The summed E-state index contributed by atoms with van der Waals surface area (Å²) in [6.07, 6.45) is 4.48. The van der Waals surface area contributed by atoms with Crippen molar-refractivity contribution >= 4 is 40.1 Å². The van der Waals surface area contributed by atoms with E-state index in [2.05, 4.69) is 63.8 Å². The fourth-order valence-electron chi connectivity index (χ4n) is 7.89. The normalized spacial score (nSPS) is 22.1. The average molecular weight is 661 g/mol. The van der Waals surface area contributed by atoms with E-state index in [0.717, 1.165) is 94.6 Å². The molecule has 3 aliphatic rings. The molecule has 0 spiro atoms. The maximum absolute atomic E-state index is 13.4. The Morgan fingerprint density at radius 1 is 0.796 bits per heavy atom. The molecule has 0 saturated carbocycles. The van der Waals surface area contributed by atoms with Crippen molar-refractivity contribution in [2.45, 2.75) is 62.7 Å². The first kappa shape index (κ1) is 30.9. The molecule has 252 valence electrons. The first-order valence-corrected chi connectivity index (χ1v) is 17.0. The number of piperidine rings is 1. The van der Waals surface area contributed by atoms with Gasteiger partial charge >= 0.3 is 12.1 Å². The van der Waals surface area contributed by atoms with Gasteiger partial charge in [-0.1, -0.05) is 36.4 Å². The van der Waals surface area contributed by atoms with Crippen molar-refractivity contribution in [1.29, 1.82) is 0 Å². The minimum atomic E-state index is -0.587. The van der Waals surface area contributed by atoms with E-state index in [1.54, 1.807) is 19.0 Å². The maximum atomic E-state index is 13.4. The van der Waals surface area contributed by atoms with Crippen LogP contribution < -0.4 is 5.32 Å². The molecule has 12 heteroatoms. The summed E-state index contributed by atoms with van der Waals surface area (Å²) in [6, 6.07) is 20.4. The highest BCUT2D eigenvalue weighted by molar-refractivity contribution is 5.88. The Balaban J connectivity index is 0.999. The Hall–Kier alpha value is -5.39. The van der Waals surface area contributed by atoms with Crippen LogP contribution in [0.15, 0.2) is 60.7 Å². The number of aromatic amines is 2. The van der Waals surface area contributed by atoms with Crippen molar-refractivity contribution in [3.63, 3.8) is 0 Å². The molecular formula is C37H40N8O4. The van der Waals surface area contributed by atoms with E-state index in [9.17, 15) is 14.4 Å². The lowest BCUT2D eigenvalue weighted by Gasteiger charge is -2.37. The molecule has 0 unspecified atom stereocenters. The molecule has 0 aliphatic carbocycles. The summed E-state index contributed by atoms with van der Waals surface area (Å²) in [5.41, 5.74) is 7.95. The number of carbonyl (C=O) groups excluding carboxylic acids is 3. The zero-order valence-electron chi connectivity index (χ0n) is 27.9. The number of hydrogen-bond acceptors (Lipinski definition) is 6. The Morgan fingerprint density at radius 2 is 1.37 bits per heavy atom. The summed E-state index contributed by atoms with van der Waals surface area (Å²) in [7, 11) is 4.88. The molecule has 3 saturated heterocycles. The maximum Gasteiger partial charge on any atom is 0.407 e. The van der Waals surface area contributed by atoms with Gasteiger partial charge in [-0.25, -0.2) is 19.6 Å². The van der Waals surface area contributed by atoms with Gasteiger partial charge in [0.25, 0.3) is 0 Å². The van der Waals surface area contributed by atoms with E-state index < -0.39 is 12.1 Å². The highest BCUT2D eigenvalue weighted by Gasteiger charge is 2.45. The Kier molecular flexibility index (Phi) is 7.73. The second-order valence-corrected chi connectivity index (χ2v) is 13.6. The number of H-pyrrole nitrogens is 2. The van der Waals surface area contributed by atoms with E-state index in [0.29, 0.717) is 6.42 Å². The molecule has 5 heterocycles. The standard InChI is InChI=1S/C37H40N8O4/c1-43(2)37(48)44-18-4-5-31(44)33-38-26-14-10-23(19-29(26)40-33)21-6-8-22(9-7-21)24-11-15-27-30(20-24)41-34(39-27)32-17-13-25-12-16-28(35(46)45(25)32)42-36(47)49-3/h6-11,14-15,19-20,25,28,31-32H,4-5,12-13,16-18H2,1-3H3,(H,38,40)(H,39,41)(H,42,47)/t25-,28-,31-,32-/m0/s1. The number of hydrogen-bond donors (Lipinski definition) is 3. The predicted molar refractivity (Wildman–Crippen MR) is 186 cm³/mol. The van der Waals surface area contributed by atoms with Gasteiger partial charge in [0.15, 0.2) is 0 Å². The van der Waals surface area contributed by atoms with Gasteiger partial charge in [0.1, 0.15) is 17.7 Å². The molecule has 4 atom stereocenters. The third-order valence-electron chi connectivity index (χ3n) is 10.4. The van der Waals surface area contributed by atoms with Gasteiger partial charge in [-0.05, 0) is 85.0 Å². The lowest BCUT2D eigenvalue weighted by Crippen LogP contribution is -2.54. The number of aromatic nitrogens is 4. The van der Waals surface area contributed by atoms with Crippen molar-refractivity contribution in [3.05, 3.63) is 72.3 Å². The molecule has 3 N–H and O–H groups in total. The number of amides is 4. The second-order valence-electron chi connectivity index (χ2n) is 13.6. The van der Waals surface area contributed by atoms with Gasteiger partial charge in [0.05, 0.1) is 41.3 Å². The molecule has 4 amide bonds. The van der Waals surface area contributed by atoms with Crippen LogP contribution in [-0.2, 0) is 9.53 Å². The Labute approximate surface area is 283 Å². The monoisotopic (exact) mass is 660 g/mol. The number of carbonyl (C=O) groups is 3. The van der Waals surface area contributed by atoms with E-state index in [1.165, 1.54) is 7.11 Å². The third-order valence-corrected chi connectivity index (χ3v) is 10.4. The topological polar surface area (TPSA) is 140 Å². The molecule has 12 nitrogen and oxygen atoms in total. The van der Waals surface area contributed by atoms with Crippen molar-refractivity contribution in [1.82, 2.24) is 40.0 Å². The molecule has 3 aromatic carbocycles. The van der Waals surface area contributed by atoms with Gasteiger partial charge in [-0.2, -0.15) is 0 Å². The number of nitrogens with zero attached hydrogens (tertiary/aromatic N) is 5. The van der Waals surface area contributed by atoms with Crippen LogP contribution in [0, 0.1) is 0 Å². The average Bonchev–Trinajstić information content (AvgIpc) is 3.93. The largest absolute Gasteiger partial charge is 0.453 e. The Bertz CT molecular complexity index is 2070. The summed E-state index contributed by atoms with van der Waals surface area (Å²) in [5, 5.41) is 2.70. The van der Waals surface area contributed by atoms with Gasteiger partial charge in [-0.3, -0.25) is 4.79 Å². The van der Waals surface area contributed by atoms with Gasteiger partial charge in [0.2, 0.25) is 5.91 Å². The first-order valence-electron chi connectivity index (χ1n) is 17.0. The molecule has 0 radical (unpaired) electrons. The number of likely N-dealkylation sites (tertiary alicyclic amines) is 1. The predicted octanol–water partition coefficient (Wildman–Crippen LogP) is 6.14. The highest BCUT2D eigenvalue weighted by Crippen LogP contribution is 2.41. The number of alkyl carbamates (subject to hydrolysis) is 1. The number of urea groups is 1. The fraction of sp³-hybridized carbons (Fsp3) is 0.378. The molecule has 0 bridgehead atoms. The van der Waals surface area contributed by atoms with E-state index in [1.807, 2.05) is 21.9 Å². The molecule has 8 rings (SSSR count). The fourth-order valence-corrected chi connectivity index (χ4v) is 7.89. The summed E-state index contributed by atoms with van der Waals surface area (Å²) in [6.45, 7) is 0.739. The summed E-state index contributed by atoms with van der Waals surface area (Å²) < 4.78 is 4.73. The number of rotatable bonds is 5. The minimum absolute atomic E-state index is 0.0151. The van der Waals surface area contributed by atoms with Crippen molar-refractivity contribution in [2.24, 2.45) is 0 Å². The highest BCUT2D eigenvalue weighted by atomic mass is 16.5. The minimum Gasteiger partial charge on any atom is -0.453 e. The number of benzene rings is 3. The van der Waals surface area contributed by atoms with Crippen LogP contribution in [0.5, 0.6) is 0 Å². The van der Waals surface area contributed by atoms with Crippen LogP contribution in [0.25, 0.3) is 44.3 Å². The molecular weight excluding hydrogens is 620 g/mol. The summed E-state index contributed by atoms with van der Waals surface area (Å²) in [5.74, 6) is 1.54. The Morgan fingerprint density at radius 3 is 1.96 bits per heavy atom. The van der Waals surface area contributed by atoms with Crippen molar-refractivity contribution in [3.8, 4) is 22.3 Å². The van der Waals surface area contributed by atoms with Crippen molar-refractivity contribution < 1.29 is 19.1 Å². The van der Waals surface area contributed by atoms with Crippen LogP contribution in [0.1, 0.15) is 62.3 Å². The van der Waals surface area contributed by atoms with Gasteiger partial charge in [0, 0.05) is 26.7 Å². The van der Waals surface area contributed by atoms with Gasteiger partial charge in [-0.15, -0.1) is 0 Å². The SMILES string of the molecule is COC(=O)N[C@H]1CC[C@H]2CC[C@@H](c3nc4ccc(-c5ccc(-c6ccc7nc([C@@H]8CCCN8C(=O)N(C)C)[nH]c7c6)cc5)cc4[nH]3)N2C1=O. The smallest absolute Gasteiger partial charge is 0.407 e. The summed E-state index contributed by atoms with van der Waals surface area (Å²) in [4.78, 5) is 60.1. The lowest BCUT2D eigenvalue weighted by molar-refractivity contribution is -0.139. The molecule has 2 aromatic heterocycles. The molecule has 5 aromatic rings. The number of methoxy groups -OCH3 is 1. The molecule has 3 aliphatic heterocycles. The van der Waals surface area contributed by atoms with E-state index >= 15 is 0 Å². The number of imidazole rings is 2. The van der Waals surface area contributed by atoms with Crippen molar-refractivity contribution in [2.75, 3.05) is 27.7 Å². The second kappa shape index (κ2) is 12.2. The first-order chi connectivity index (χ1) is 23.8. The number of fused-ring (bicyclic) bond motifs is 3.